The van der Waals surface area contributed by atoms with Crippen LogP contribution in [0.5, 0.6) is 11.5 Å². The van der Waals surface area contributed by atoms with Crippen molar-refractivity contribution in [2.24, 2.45) is 0 Å². The topological polar surface area (TPSA) is 120 Å². The Morgan fingerprint density at radius 3 is 2.53 bits per heavy atom. The smallest absolute Gasteiger partial charge is 0.339 e. The zero-order valence-electron chi connectivity index (χ0n) is 20.0. The number of morpholine rings is 1. The van der Waals surface area contributed by atoms with Crippen LogP contribution in [-0.4, -0.2) is 74.7 Å². The van der Waals surface area contributed by atoms with Gasteiger partial charge in [-0.05, 0) is 82.7 Å². The van der Waals surface area contributed by atoms with Gasteiger partial charge in [0.15, 0.2) is 11.5 Å². The third kappa shape index (κ3) is 6.52. The van der Waals surface area contributed by atoms with Crippen molar-refractivity contribution >= 4 is 72.5 Å². The minimum absolute atomic E-state index is 0.0804. The molecule has 0 unspecified atom stereocenters. The molecular formula is C24H22BrClN2O8S2. The van der Waals surface area contributed by atoms with Gasteiger partial charge in [0.25, 0.3) is 11.1 Å². The maximum absolute atomic E-state index is 12.9. The highest BCUT2D eigenvalue weighted by Gasteiger charge is 2.37. The zero-order chi connectivity index (χ0) is 27.4. The Hall–Kier alpha value is -2.58. The van der Waals surface area contributed by atoms with Gasteiger partial charge in [-0.3, -0.25) is 19.3 Å². The summed E-state index contributed by atoms with van der Waals surface area (Å²) in [6.45, 7) is 3.19. The molecule has 2 aliphatic rings. The number of benzene rings is 2. The minimum atomic E-state index is -4.21. The average Bonchev–Trinajstić information content (AvgIpc) is 3.14. The van der Waals surface area contributed by atoms with Crippen molar-refractivity contribution in [2.75, 3.05) is 39.5 Å². The average molecular weight is 646 g/mol. The van der Waals surface area contributed by atoms with Crippen LogP contribution < -0.4 is 8.92 Å². The highest BCUT2D eigenvalue weighted by molar-refractivity contribution is 9.10. The summed E-state index contributed by atoms with van der Waals surface area (Å²) < 4.78 is 42.1. The van der Waals surface area contributed by atoms with Crippen LogP contribution in [0.4, 0.5) is 4.79 Å². The first-order valence-corrected chi connectivity index (χ1v) is 14.8. The van der Waals surface area contributed by atoms with Crippen molar-refractivity contribution in [2.45, 2.75) is 11.8 Å². The SMILES string of the molecule is CCOc1cc(/C=C2\SC(=O)N(CC(=O)N3CCOCC3)C2=O)cc(Br)c1OS(=O)(=O)c1ccc(Cl)cc1. The van der Waals surface area contributed by atoms with Crippen molar-refractivity contribution in [1.29, 1.82) is 0 Å². The van der Waals surface area contributed by atoms with E-state index in [2.05, 4.69) is 15.9 Å². The maximum atomic E-state index is 12.9. The Labute approximate surface area is 237 Å². The number of thioether (sulfide) groups is 1. The molecular weight excluding hydrogens is 624 g/mol. The van der Waals surface area contributed by atoms with E-state index in [9.17, 15) is 22.8 Å². The quantitative estimate of drug-likeness (QED) is 0.308. The standard InChI is InChI=1S/C24H22BrClN2O8S2/c1-2-35-19-12-15(11-18(25)22(19)36-38(32,33)17-5-3-16(26)4-6-17)13-20-23(30)28(24(31)37-20)14-21(29)27-7-9-34-10-8-27/h3-6,11-13H,2,7-10,14H2,1H3/b20-13-. The van der Waals surface area contributed by atoms with E-state index in [1.165, 1.54) is 42.5 Å². The molecule has 0 atom stereocenters. The summed E-state index contributed by atoms with van der Waals surface area (Å²) >= 11 is 9.88. The molecule has 0 N–H and O–H groups in total. The molecule has 0 spiro atoms. The van der Waals surface area contributed by atoms with E-state index in [0.29, 0.717) is 48.7 Å². The molecule has 38 heavy (non-hydrogen) atoms. The van der Waals surface area contributed by atoms with E-state index in [0.717, 1.165) is 4.90 Å². The van der Waals surface area contributed by atoms with E-state index < -0.39 is 21.3 Å². The number of amides is 3. The molecule has 202 valence electrons. The fourth-order valence-corrected chi connectivity index (χ4v) is 6.18. The number of rotatable bonds is 8. The van der Waals surface area contributed by atoms with Crippen molar-refractivity contribution in [3.63, 3.8) is 0 Å². The van der Waals surface area contributed by atoms with Gasteiger partial charge in [-0.2, -0.15) is 8.42 Å². The number of carbonyl (C=O) groups excluding carboxylic acids is 3. The third-order valence-electron chi connectivity index (χ3n) is 5.46. The van der Waals surface area contributed by atoms with Crippen LogP contribution in [0.25, 0.3) is 6.08 Å². The minimum Gasteiger partial charge on any atom is -0.490 e. The summed E-state index contributed by atoms with van der Waals surface area (Å²) in [6.07, 6.45) is 1.47. The molecule has 2 aromatic carbocycles. The monoisotopic (exact) mass is 644 g/mol. The van der Waals surface area contributed by atoms with Gasteiger partial charge >= 0.3 is 10.1 Å². The molecule has 0 aliphatic carbocycles. The second-order valence-electron chi connectivity index (χ2n) is 8.02. The lowest BCUT2D eigenvalue weighted by Crippen LogP contribution is -2.46. The lowest BCUT2D eigenvalue weighted by Gasteiger charge is -2.28. The van der Waals surface area contributed by atoms with E-state index in [4.69, 9.17) is 25.3 Å². The van der Waals surface area contributed by atoms with Crippen LogP contribution in [-0.2, 0) is 24.4 Å². The fraction of sp³-hybridized carbons (Fsp3) is 0.292. The molecule has 0 radical (unpaired) electrons. The van der Waals surface area contributed by atoms with Crippen LogP contribution >= 0.6 is 39.3 Å². The third-order valence-corrected chi connectivity index (χ3v) is 8.44. The van der Waals surface area contributed by atoms with Gasteiger partial charge in [0.1, 0.15) is 11.4 Å². The molecule has 2 heterocycles. The van der Waals surface area contributed by atoms with Gasteiger partial charge < -0.3 is 18.6 Å². The van der Waals surface area contributed by atoms with Gasteiger partial charge in [-0.15, -0.1) is 0 Å². The number of ether oxygens (including phenoxy) is 2. The number of hydrogen-bond donors (Lipinski definition) is 0. The van der Waals surface area contributed by atoms with E-state index in [1.54, 1.807) is 11.8 Å². The second kappa shape index (κ2) is 12.1. The van der Waals surface area contributed by atoms with Crippen LogP contribution in [0.1, 0.15) is 12.5 Å². The number of halogens is 2. The lowest BCUT2D eigenvalue weighted by atomic mass is 10.2. The highest BCUT2D eigenvalue weighted by Crippen LogP contribution is 2.40. The van der Waals surface area contributed by atoms with Gasteiger partial charge in [0.2, 0.25) is 5.91 Å². The summed E-state index contributed by atoms with van der Waals surface area (Å²) in [5.74, 6) is -0.904. The summed E-state index contributed by atoms with van der Waals surface area (Å²) in [5, 5.41) is -0.180. The molecule has 4 rings (SSSR count). The summed E-state index contributed by atoms with van der Waals surface area (Å²) in [5.41, 5.74) is 0.446. The van der Waals surface area contributed by atoms with Crippen molar-refractivity contribution in [3.8, 4) is 11.5 Å². The summed E-state index contributed by atoms with van der Waals surface area (Å²) in [4.78, 5) is 40.5. The summed E-state index contributed by atoms with van der Waals surface area (Å²) in [7, 11) is -4.21. The Balaban J connectivity index is 1.56. The van der Waals surface area contributed by atoms with E-state index in [-0.39, 0.29) is 44.8 Å². The summed E-state index contributed by atoms with van der Waals surface area (Å²) in [6, 6.07) is 8.53. The molecule has 0 aromatic heterocycles. The number of nitrogens with zero attached hydrogens (tertiary/aromatic N) is 2. The van der Waals surface area contributed by atoms with Gasteiger partial charge in [-0.25, -0.2) is 0 Å². The fourth-order valence-electron chi connectivity index (χ4n) is 3.61. The number of hydrogen-bond acceptors (Lipinski definition) is 9. The van der Waals surface area contributed by atoms with Crippen molar-refractivity contribution in [1.82, 2.24) is 9.80 Å². The lowest BCUT2D eigenvalue weighted by molar-refractivity contribution is -0.139. The number of imide groups is 1. The predicted octanol–water partition coefficient (Wildman–Crippen LogP) is 4.16. The van der Waals surface area contributed by atoms with Gasteiger partial charge in [-0.1, -0.05) is 11.6 Å². The molecule has 3 amide bonds. The molecule has 2 aliphatic heterocycles. The predicted molar refractivity (Wildman–Crippen MR) is 145 cm³/mol. The molecule has 0 bridgehead atoms. The normalized spacial score (nSPS) is 17.3. The van der Waals surface area contributed by atoms with Crippen LogP contribution in [0.2, 0.25) is 5.02 Å². The largest absolute Gasteiger partial charge is 0.490 e. The van der Waals surface area contributed by atoms with Crippen LogP contribution in [0.3, 0.4) is 0 Å². The van der Waals surface area contributed by atoms with Crippen LogP contribution in [0, 0.1) is 0 Å². The van der Waals surface area contributed by atoms with E-state index in [1.807, 2.05) is 0 Å². The molecule has 0 saturated carbocycles. The van der Waals surface area contributed by atoms with Crippen LogP contribution in [0.15, 0.2) is 50.7 Å². The number of carbonyl (C=O) groups is 3. The molecule has 2 saturated heterocycles. The Morgan fingerprint density at radius 2 is 1.87 bits per heavy atom. The highest BCUT2D eigenvalue weighted by atomic mass is 79.9. The molecule has 14 heteroatoms. The van der Waals surface area contributed by atoms with Crippen molar-refractivity contribution in [3.05, 3.63) is 56.4 Å². The first kappa shape index (κ1) is 28.4. The maximum Gasteiger partial charge on any atom is 0.339 e. The molecule has 10 nitrogen and oxygen atoms in total. The Bertz CT molecular complexity index is 1390. The van der Waals surface area contributed by atoms with Crippen molar-refractivity contribution < 1.29 is 36.5 Å². The molecule has 2 aromatic rings. The van der Waals surface area contributed by atoms with E-state index >= 15 is 0 Å². The van der Waals surface area contributed by atoms with Gasteiger partial charge in [0, 0.05) is 18.1 Å². The zero-order valence-corrected chi connectivity index (χ0v) is 24.0. The first-order valence-electron chi connectivity index (χ1n) is 11.4. The Kier molecular flexibility index (Phi) is 9.04. The van der Waals surface area contributed by atoms with Gasteiger partial charge in [0.05, 0.1) is 29.2 Å². The molecule has 2 fully saturated rings. The Morgan fingerprint density at radius 1 is 1.18 bits per heavy atom. The second-order valence-corrected chi connectivity index (χ2v) is 11.8. The first-order chi connectivity index (χ1) is 18.1.